The van der Waals surface area contributed by atoms with Gasteiger partial charge in [0, 0.05) is 12.5 Å². The van der Waals surface area contributed by atoms with Crippen LogP contribution in [0.3, 0.4) is 0 Å². The van der Waals surface area contributed by atoms with E-state index in [1.54, 1.807) is 0 Å². The Morgan fingerprint density at radius 3 is 2.79 bits per heavy atom. The molecule has 0 aromatic heterocycles. The van der Waals surface area contributed by atoms with Gasteiger partial charge in [0.25, 0.3) is 0 Å². The van der Waals surface area contributed by atoms with Gasteiger partial charge in [-0.25, -0.2) is 0 Å². The molecule has 78 valence electrons. The van der Waals surface area contributed by atoms with E-state index < -0.39 is 5.97 Å². The minimum absolute atomic E-state index is 0.0217. The van der Waals surface area contributed by atoms with Gasteiger partial charge in [-0.3, -0.25) is 9.69 Å². The van der Waals surface area contributed by atoms with Crippen LogP contribution in [0.25, 0.3) is 0 Å². The highest BCUT2D eigenvalue weighted by molar-refractivity contribution is 8.23. The quantitative estimate of drug-likeness (QED) is 0.484. The van der Waals surface area contributed by atoms with Crippen LogP contribution in [0.15, 0.2) is 0 Å². The average molecular weight is 232 g/mol. The van der Waals surface area contributed by atoms with E-state index in [1.165, 1.54) is 16.7 Å². The van der Waals surface area contributed by atoms with E-state index in [2.05, 4.69) is 0 Å². The van der Waals surface area contributed by atoms with Gasteiger partial charge in [-0.05, 0) is 19.3 Å². The van der Waals surface area contributed by atoms with E-state index in [4.69, 9.17) is 12.2 Å². The Morgan fingerprint density at radius 1 is 1.57 bits per heavy atom. The number of hydrogen-bond acceptors (Lipinski definition) is 5. The van der Waals surface area contributed by atoms with Gasteiger partial charge in [0.05, 0.1) is 5.75 Å². The van der Waals surface area contributed by atoms with E-state index in [-0.39, 0.29) is 12.3 Å². The van der Waals surface area contributed by atoms with Crippen LogP contribution in [0.4, 0.5) is 0 Å². The first-order valence-corrected chi connectivity index (χ1v) is 5.67. The largest absolute Gasteiger partial charge is 0.550 e. The molecular formula is C8H10NO3S2-. The Bertz CT molecular complexity index is 251. The Labute approximate surface area is 91.6 Å². The van der Waals surface area contributed by atoms with Crippen molar-refractivity contribution in [2.24, 2.45) is 0 Å². The lowest BCUT2D eigenvalue weighted by atomic mass is 10.2. The highest BCUT2D eigenvalue weighted by atomic mass is 32.2. The third-order valence-electron chi connectivity index (χ3n) is 1.85. The number of unbranched alkanes of at least 4 members (excludes halogenated alkanes) is 1. The smallest absolute Gasteiger partial charge is 0.238 e. The molecule has 0 bridgehead atoms. The molecule has 0 aromatic carbocycles. The van der Waals surface area contributed by atoms with Crippen LogP contribution in [0, 0.1) is 0 Å². The van der Waals surface area contributed by atoms with Crippen molar-refractivity contribution in [1.29, 1.82) is 0 Å². The van der Waals surface area contributed by atoms with Crippen LogP contribution in [-0.4, -0.2) is 33.4 Å². The normalized spacial score (nSPS) is 16.4. The van der Waals surface area contributed by atoms with Crippen LogP contribution in [0.1, 0.15) is 19.3 Å². The number of nitrogens with zero attached hydrogens (tertiary/aromatic N) is 1. The van der Waals surface area contributed by atoms with E-state index in [9.17, 15) is 14.7 Å². The number of thiocarbonyl (C=S) groups is 1. The minimum atomic E-state index is -1.05. The molecule has 0 radical (unpaired) electrons. The van der Waals surface area contributed by atoms with E-state index in [1.807, 2.05) is 0 Å². The van der Waals surface area contributed by atoms with Crippen LogP contribution < -0.4 is 5.11 Å². The molecule has 1 amide bonds. The van der Waals surface area contributed by atoms with Crippen molar-refractivity contribution < 1.29 is 14.7 Å². The fourth-order valence-electron chi connectivity index (χ4n) is 1.14. The second kappa shape index (κ2) is 5.31. The number of carbonyl (C=O) groups excluding carboxylic acids is 2. The molecule has 0 N–H and O–H groups in total. The number of amides is 1. The number of hydrogen-bond donors (Lipinski definition) is 0. The molecule has 1 rings (SSSR count). The topological polar surface area (TPSA) is 60.4 Å². The molecular weight excluding hydrogens is 222 g/mol. The van der Waals surface area contributed by atoms with Gasteiger partial charge in [0.15, 0.2) is 0 Å². The molecule has 4 nitrogen and oxygen atoms in total. The van der Waals surface area contributed by atoms with Gasteiger partial charge in [-0.2, -0.15) is 0 Å². The summed E-state index contributed by atoms with van der Waals surface area (Å²) < 4.78 is 0.600. The summed E-state index contributed by atoms with van der Waals surface area (Å²) in [7, 11) is 0. The lowest BCUT2D eigenvalue weighted by Crippen LogP contribution is -2.29. The molecule has 1 heterocycles. The zero-order valence-electron chi connectivity index (χ0n) is 7.52. The number of carboxylic acid groups (broad SMARTS) is 1. The van der Waals surface area contributed by atoms with Crippen molar-refractivity contribution >= 4 is 40.2 Å². The van der Waals surface area contributed by atoms with Crippen molar-refractivity contribution in [3.8, 4) is 0 Å². The molecule has 6 heteroatoms. The van der Waals surface area contributed by atoms with Crippen molar-refractivity contribution in [2.75, 3.05) is 12.3 Å². The molecule has 1 saturated heterocycles. The van der Waals surface area contributed by atoms with Crippen molar-refractivity contribution in [3.05, 3.63) is 0 Å². The maximum atomic E-state index is 11.2. The van der Waals surface area contributed by atoms with Gasteiger partial charge in [0.2, 0.25) is 5.91 Å². The number of rotatable bonds is 5. The van der Waals surface area contributed by atoms with Crippen LogP contribution >= 0.6 is 24.0 Å². The highest BCUT2D eigenvalue weighted by Gasteiger charge is 2.25. The molecule has 14 heavy (non-hydrogen) atoms. The monoisotopic (exact) mass is 232 g/mol. The van der Waals surface area contributed by atoms with Crippen molar-refractivity contribution in [1.82, 2.24) is 4.90 Å². The Hall–Kier alpha value is -0.620. The lowest BCUT2D eigenvalue weighted by molar-refractivity contribution is -0.305. The van der Waals surface area contributed by atoms with Gasteiger partial charge >= 0.3 is 0 Å². The lowest BCUT2D eigenvalue weighted by Gasteiger charge is -2.14. The van der Waals surface area contributed by atoms with Gasteiger partial charge in [-0.15, -0.1) is 0 Å². The molecule has 0 saturated carbocycles. The summed E-state index contributed by atoms with van der Waals surface area (Å²) in [5, 5.41) is 10.1. The van der Waals surface area contributed by atoms with Crippen LogP contribution in [0.5, 0.6) is 0 Å². The first kappa shape index (κ1) is 11.5. The fourth-order valence-corrected chi connectivity index (χ4v) is 2.26. The maximum absolute atomic E-state index is 11.2. The Kier molecular flexibility index (Phi) is 4.34. The van der Waals surface area contributed by atoms with Crippen LogP contribution in [-0.2, 0) is 9.59 Å². The first-order chi connectivity index (χ1) is 6.61. The molecule has 0 spiro atoms. The molecule has 1 aliphatic heterocycles. The number of aliphatic carboxylic acids is 1. The predicted octanol–water partition coefficient (Wildman–Crippen LogP) is -0.233. The van der Waals surface area contributed by atoms with E-state index in [0.717, 1.165) is 0 Å². The summed E-state index contributed by atoms with van der Waals surface area (Å²) in [5.74, 6) is -0.609. The van der Waals surface area contributed by atoms with Gasteiger partial charge < -0.3 is 9.90 Å². The third-order valence-corrected chi connectivity index (χ3v) is 3.29. The summed E-state index contributed by atoms with van der Waals surface area (Å²) in [6.45, 7) is 0.526. The SMILES string of the molecule is O=C([O-])CCCCN1C(=O)CSC1=S. The maximum Gasteiger partial charge on any atom is 0.238 e. The summed E-state index contributed by atoms with van der Waals surface area (Å²) in [5.41, 5.74) is 0. The second-order valence-corrected chi connectivity index (χ2v) is 4.54. The highest BCUT2D eigenvalue weighted by Crippen LogP contribution is 2.19. The molecule has 0 unspecified atom stereocenters. The fraction of sp³-hybridized carbons (Fsp3) is 0.625. The molecule has 1 fully saturated rings. The molecule has 0 aliphatic carbocycles. The van der Waals surface area contributed by atoms with E-state index in [0.29, 0.717) is 29.5 Å². The summed E-state index contributed by atoms with van der Waals surface area (Å²) in [4.78, 5) is 22.8. The van der Waals surface area contributed by atoms with Crippen LogP contribution in [0.2, 0.25) is 0 Å². The minimum Gasteiger partial charge on any atom is -0.550 e. The van der Waals surface area contributed by atoms with Gasteiger partial charge in [0.1, 0.15) is 4.32 Å². The number of thioether (sulfide) groups is 1. The molecule has 1 aliphatic rings. The van der Waals surface area contributed by atoms with Crippen molar-refractivity contribution in [3.63, 3.8) is 0 Å². The summed E-state index contributed by atoms with van der Waals surface area (Å²) in [6.07, 6.45) is 1.22. The third kappa shape index (κ3) is 3.26. The first-order valence-electron chi connectivity index (χ1n) is 4.28. The standard InChI is InChI=1S/C8H11NO3S2/c10-6-5-14-8(13)9(6)4-2-1-3-7(11)12/h1-5H2,(H,11,12)/p-1. The zero-order valence-corrected chi connectivity index (χ0v) is 9.16. The van der Waals surface area contributed by atoms with Crippen molar-refractivity contribution in [2.45, 2.75) is 19.3 Å². The Balaban J connectivity index is 2.20. The summed E-state index contributed by atoms with van der Waals surface area (Å²) >= 11 is 6.32. The molecule has 0 aromatic rings. The number of carbonyl (C=O) groups is 2. The zero-order chi connectivity index (χ0) is 10.6. The van der Waals surface area contributed by atoms with Gasteiger partial charge in [-0.1, -0.05) is 24.0 Å². The van der Waals surface area contributed by atoms with E-state index >= 15 is 0 Å². The number of carboxylic acids is 1. The molecule has 0 atom stereocenters. The average Bonchev–Trinajstić information content (AvgIpc) is 2.42. The predicted molar refractivity (Wildman–Crippen MR) is 55.6 cm³/mol. The summed E-state index contributed by atoms with van der Waals surface area (Å²) in [6, 6.07) is 0. The second-order valence-electron chi connectivity index (χ2n) is 2.93. The Morgan fingerprint density at radius 2 is 2.29 bits per heavy atom.